The summed E-state index contributed by atoms with van der Waals surface area (Å²) in [5.74, 6) is 8.30. The highest BCUT2D eigenvalue weighted by Crippen LogP contribution is 2.28. The molecule has 2 amide bonds. The third kappa shape index (κ3) is 9.65. The number of anilines is 2. The zero-order valence-electron chi connectivity index (χ0n) is 25.1. The topological polar surface area (TPSA) is 89.3 Å². The smallest absolute Gasteiger partial charge is 0.330 e. The van der Waals surface area contributed by atoms with E-state index in [1.165, 1.54) is 4.67 Å². The lowest BCUT2D eigenvalue weighted by Gasteiger charge is -2.24. The van der Waals surface area contributed by atoms with E-state index in [2.05, 4.69) is 59.2 Å². The van der Waals surface area contributed by atoms with Crippen LogP contribution in [0, 0.1) is 11.8 Å². The Balaban J connectivity index is 0.00000207. The average Bonchev–Trinajstić information content (AvgIpc) is 3.68. The van der Waals surface area contributed by atoms with Crippen molar-refractivity contribution in [2.75, 3.05) is 54.4 Å². The predicted octanol–water partition coefficient (Wildman–Crippen LogP) is 6.12. The monoisotopic (exact) mass is 718 g/mol. The Labute approximate surface area is 270 Å². The lowest BCUT2D eigenvalue weighted by molar-refractivity contribution is -0.116. The predicted molar refractivity (Wildman–Crippen MR) is 181 cm³/mol. The molecule has 1 N–H and O–H groups in total. The first-order valence-corrected chi connectivity index (χ1v) is 16.9. The summed E-state index contributed by atoms with van der Waals surface area (Å²) in [7, 11) is 2.37. The van der Waals surface area contributed by atoms with Crippen molar-refractivity contribution in [1.82, 2.24) is 10.1 Å². The number of amides is 2. The van der Waals surface area contributed by atoms with Gasteiger partial charge in [0.1, 0.15) is 11.5 Å². The Bertz CT molecular complexity index is 1370. The highest BCUT2D eigenvalue weighted by atomic mass is 127. The van der Waals surface area contributed by atoms with E-state index in [9.17, 15) is 4.79 Å². The van der Waals surface area contributed by atoms with Crippen LogP contribution in [0.4, 0.5) is 16.3 Å². The fourth-order valence-corrected chi connectivity index (χ4v) is 4.82. The van der Waals surface area contributed by atoms with Crippen LogP contribution in [0.15, 0.2) is 59.1 Å². The van der Waals surface area contributed by atoms with Crippen molar-refractivity contribution >= 4 is 49.5 Å². The Morgan fingerprint density at radius 2 is 1.63 bits per heavy atom. The SMILES string of the molecule is CC(C)(C)c1cc(N(P)C(=O)Nc2ccc(C#Cc3ccc(OCCCN4CC5OCCOC5C4)cc3)cc2)no1.CI. The van der Waals surface area contributed by atoms with Crippen LogP contribution in [0.3, 0.4) is 0 Å². The zero-order valence-corrected chi connectivity index (χ0v) is 28.5. The van der Waals surface area contributed by atoms with Gasteiger partial charge >= 0.3 is 6.03 Å². The van der Waals surface area contributed by atoms with E-state index in [0.29, 0.717) is 37.1 Å². The van der Waals surface area contributed by atoms with Gasteiger partial charge in [0, 0.05) is 47.9 Å². The third-order valence-electron chi connectivity index (χ3n) is 6.97. The van der Waals surface area contributed by atoms with Gasteiger partial charge in [-0.05, 0) is 69.3 Å². The minimum Gasteiger partial charge on any atom is -0.494 e. The van der Waals surface area contributed by atoms with E-state index in [0.717, 1.165) is 42.9 Å². The number of likely N-dealkylation sites (tertiary alicyclic amines) is 1. The molecule has 43 heavy (non-hydrogen) atoms. The Kier molecular flexibility index (Phi) is 12.3. The van der Waals surface area contributed by atoms with E-state index < -0.39 is 0 Å². The molecule has 0 saturated carbocycles. The van der Waals surface area contributed by atoms with Crippen molar-refractivity contribution < 1.29 is 23.5 Å². The lowest BCUT2D eigenvalue weighted by atomic mass is 9.93. The normalized spacial score (nSPS) is 18.0. The molecule has 3 unspecified atom stereocenters. The summed E-state index contributed by atoms with van der Waals surface area (Å²) in [5, 5.41) is 6.85. The van der Waals surface area contributed by atoms with Crippen LogP contribution in [-0.2, 0) is 14.9 Å². The van der Waals surface area contributed by atoms with Gasteiger partial charge < -0.3 is 24.1 Å². The fourth-order valence-electron chi connectivity index (χ4n) is 4.63. The maximum absolute atomic E-state index is 12.6. The van der Waals surface area contributed by atoms with Crippen molar-refractivity contribution in [2.45, 2.75) is 44.8 Å². The molecular formula is C32H40IN4O5P. The molecule has 0 spiro atoms. The van der Waals surface area contributed by atoms with Gasteiger partial charge in [0.2, 0.25) is 0 Å². The largest absolute Gasteiger partial charge is 0.494 e. The Morgan fingerprint density at radius 3 is 2.19 bits per heavy atom. The van der Waals surface area contributed by atoms with Crippen LogP contribution in [-0.4, -0.2) is 72.7 Å². The highest BCUT2D eigenvalue weighted by Gasteiger charge is 2.36. The molecule has 2 aliphatic rings. The highest BCUT2D eigenvalue weighted by molar-refractivity contribution is 14.1. The molecule has 2 aromatic carbocycles. The number of carbonyl (C=O) groups excluding carboxylic acids is 1. The summed E-state index contributed by atoms with van der Waals surface area (Å²) in [6, 6.07) is 16.6. The molecule has 3 heterocycles. The zero-order chi connectivity index (χ0) is 30.8. The summed E-state index contributed by atoms with van der Waals surface area (Å²) >= 11 is 2.15. The molecule has 9 nitrogen and oxygen atoms in total. The van der Waals surface area contributed by atoms with Gasteiger partial charge in [-0.2, -0.15) is 0 Å². The number of nitrogens with zero attached hydrogens (tertiary/aromatic N) is 3. The molecule has 3 atom stereocenters. The van der Waals surface area contributed by atoms with Crippen LogP contribution in [0.5, 0.6) is 5.75 Å². The number of alkyl halides is 1. The number of aromatic nitrogens is 1. The van der Waals surface area contributed by atoms with Crippen LogP contribution in [0.2, 0.25) is 0 Å². The Morgan fingerprint density at radius 1 is 1.05 bits per heavy atom. The second-order valence-electron chi connectivity index (χ2n) is 11.2. The molecule has 0 bridgehead atoms. The van der Waals surface area contributed by atoms with Gasteiger partial charge in [-0.3, -0.25) is 9.57 Å². The molecule has 3 aromatic rings. The van der Waals surface area contributed by atoms with E-state index in [1.807, 2.05) is 74.2 Å². The van der Waals surface area contributed by atoms with Crippen molar-refractivity contribution in [2.24, 2.45) is 0 Å². The molecule has 0 radical (unpaired) electrons. The minimum atomic E-state index is -0.345. The van der Waals surface area contributed by atoms with Gasteiger partial charge in [0.05, 0.1) is 32.0 Å². The minimum absolute atomic E-state index is 0.195. The number of nitrogens with one attached hydrogen (secondary N) is 1. The van der Waals surface area contributed by atoms with Crippen molar-refractivity contribution in [3.8, 4) is 17.6 Å². The van der Waals surface area contributed by atoms with Crippen LogP contribution in [0.1, 0.15) is 44.1 Å². The first-order valence-electron chi connectivity index (χ1n) is 14.3. The molecule has 5 rings (SSSR count). The summed E-state index contributed by atoms with van der Waals surface area (Å²) < 4.78 is 24.2. The van der Waals surface area contributed by atoms with E-state index in [4.69, 9.17) is 18.7 Å². The number of urea groups is 1. The second kappa shape index (κ2) is 15.9. The van der Waals surface area contributed by atoms with E-state index in [-0.39, 0.29) is 23.7 Å². The van der Waals surface area contributed by atoms with Crippen LogP contribution in [0.25, 0.3) is 0 Å². The maximum atomic E-state index is 12.6. The number of benzene rings is 2. The van der Waals surface area contributed by atoms with Crippen molar-refractivity contribution in [3.63, 3.8) is 0 Å². The van der Waals surface area contributed by atoms with E-state index >= 15 is 0 Å². The number of hydrogen-bond donors (Lipinski definition) is 1. The number of halogens is 1. The summed E-state index contributed by atoms with van der Waals surface area (Å²) in [6.45, 7) is 11.0. The number of fused-ring (bicyclic) bond motifs is 1. The molecule has 230 valence electrons. The maximum Gasteiger partial charge on any atom is 0.330 e. The lowest BCUT2D eigenvalue weighted by Crippen LogP contribution is -2.36. The van der Waals surface area contributed by atoms with Crippen molar-refractivity contribution in [3.05, 3.63) is 71.5 Å². The fraction of sp³-hybridized carbons (Fsp3) is 0.438. The number of carbonyl (C=O) groups is 1. The first kappa shape index (κ1) is 33.2. The summed E-state index contributed by atoms with van der Waals surface area (Å²) in [5.41, 5.74) is 2.20. The molecule has 2 saturated heterocycles. The van der Waals surface area contributed by atoms with E-state index in [1.54, 1.807) is 6.07 Å². The standard InChI is InChI=1S/C31H37N4O5P.CH3I/c1-31(2,3)28-19-29(33-40-28)35(41)30(36)32-24-11-7-22(8-12-24)5-6-23-9-13-25(14-10-23)37-16-4-15-34-20-26-27(21-34)39-18-17-38-26;1-2/h7-14,19,26-27H,4,15-18,20-21,41H2,1-3H3,(H,32,36);1H3. The molecule has 0 aliphatic carbocycles. The molecule has 2 fully saturated rings. The quantitative estimate of drug-likeness (QED) is 0.104. The van der Waals surface area contributed by atoms with Gasteiger partial charge in [0.15, 0.2) is 5.82 Å². The van der Waals surface area contributed by atoms with Gasteiger partial charge in [-0.1, -0.05) is 60.4 Å². The molecule has 2 aliphatic heterocycles. The average molecular weight is 719 g/mol. The van der Waals surface area contributed by atoms with Gasteiger partial charge in [-0.25, -0.2) is 4.79 Å². The number of hydrogen-bond acceptors (Lipinski definition) is 7. The Hall–Kier alpha value is -2.68. The van der Waals surface area contributed by atoms with Gasteiger partial charge in [0.25, 0.3) is 0 Å². The molecular weight excluding hydrogens is 678 g/mol. The first-order chi connectivity index (χ1) is 20.7. The van der Waals surface area contributed by atoms with Gasteiger partial charge in [-0.15, -0.1) is 0 Å². The van der Waals surface area contributed by atoms with Crippen LogP contribution >= 0.6 is 32.0 Å². The van der Waals surface area contributed by atoms with Crippen molar-refractivity contribution in [1.29, 1.82) is 0 Å². The number of ether oxygens (including phenoxy) is 3. The molecule has 1 aromatic heterocycles. The summed E-state index contributed by atoms with van der Waals surface area (Å²) in [6.07, 6.45) is 1.39. The summed E-state index contributed by atoms with van der Waals surface area (Å²) in [4.78, 5) is 17.0. The number of rotatable bonds is 7. The van der Waals surface area contributed by atoms with Crippen LogP contribution < -0.4 is 14.7 Å². The molecule has 11 heteroatoms. The second-order valence-corrected chi connectivity index (χ2v) is 11.7. The third-order valence-corrected chi connectivity index (χ3v) is 7.47.